The molecule has 0 spiro atoms. The van der Waals surface area contributed by atoms with Crippen molar-refractivity contribution < 1.29 is 0 Å². The molecular weight excluding hydrogens is 214 g/mol. The van der Waals surface area contributed by atoms with Crippen molar-refractivity contribution in [1.29, 1.82) is 0 Å². The van der Waals surface area contributed by atoms with Gasteiger partial charge in [0.2, 0.25) is 0 Å². The first kappa shape index (κ1) is 9.61. The van der Waals surface area contributed by atoms with Gasteiger partial charge in [0, 0.05) is 4.88 Å². The topological polar surface area (TPSA) is 33.6 Å². The molecule has 2 rings (SSSR count). The zero-order chi connectivity index (χ0) is 10.1. The van der Waals surface area contributed by atoms with Gasteiger partial charge in [0.05, 0.1) is 6.54 Å². The lowest BCUT2D eigenvalue weighted by atomic mass is 10.3. The fourth-order valence-electron chi connectivity index (χ4n) is 1.31. The third-order valence-corrected chi connectivity index (χ3v) is 3.40. The number of thiophene rings is 1. The number of nitrogens with one attached hydrogen (secondary N) is 1. The van der Waals surface area contributed by atoms with Gasteiger partial charge in [-0.1, -0.05) is 0 Å². The van der Waals surface area contributed by atoms with Gasteiger partial charge >= 0.3 is 0 Å². The highest BCUT2D eigenvalue weighted by atomic mass is 32.1. The Balaban J connectivity index is 2.31. The molecule has 0 unspecified atom stereocenters. The van der Waals surface area contributed by atoms with E-state index in [0.29, 0.717) is 4.77 Å². The summed E-state index contributed by atoms with van der Waals surface area (Å²) in [6, 6.07) is 2.18. The van der Waals surface area contributed by atoms with E-state index in [1.807, 2.05) is 11.5 Å². The maximum atomic E-state index is 5.13. The molecule has 0 aromatic carbocycles. The lowest BCUT2D eigenvalue weighted by Gasteiger charge is -2.00. The number of H-pyrrole nitrogens is 1. The maximum absolute atomic E-state index is 5.13. The lowest BCUT2D eigenvalue weighted by Crippen LogP contribution is -2.00. The maximum Gasteiger partial charge on any atom is 0.195 e. The number of hydrogen-bond acceptors (Lipinski definition) is 3. The summed E-state index contributed by atoms with van der Waals surface area (Å²) in [6.45, 7) is 4.87. The van der Waals surface area contributed by atoms with Crippen LogP contribution in [0.4, 0.5) is 0 Å². The Kier molecular flexibility index (Phi) is 2.52. The average Bonchev–Trinajstić information content (AvgIpc) is 2.67. The minimum Gasteiger partial charge on any atom is -0.299 e. The van der Waals surface area contributed by atoms with Crippen molar-refractivity contribution >= 4 is 23.6 Å². The van der Waals surface area contributed by atoms with E-state index in [-0.39, 0.29) is 0 Å². The molecule has 2 heterocycles. The smallest absolute Gasteiger partial charge is 0.195 e. The Morgan fingerprint density at radius 2 is 2.36 bits per heavy atom. The Labute approximate surface area is 91.4 Å². The summed E-state index contributed by atoms with van der Waals surface area (Å²) >= 11 is 6.88. The molecule has 74 valence electrons. The molecule has 0 saturated heterocycles. The number of nitrogens with zero attached hydrogens (tertiary/aromatic N) is 2. The van der Waals surface area contributed by atoms with Crippen LogP contribution in [0.1, 0.15) is 16.3 Å². The molecule has 14 heavy (non-hydrogen) atoms. The molecule has 2 aromatic rings. The SMILES string of the molecule is Cc1csc(Cn2c(C)n[nH]c2=S)c1. The minimum atomic E-state index is 0.688. The van der Waals surface area contributed by atoms with Crippen LogP contribution in [0.15, 0.2) is 11.4 Å². The van der Waals surface area contributed by atoms with Crippen LogP contribution in [0.25, 0.3) is 0 Å². The van der Waals surface area contributed by atoms with Crippen LogP contribution < -0.4 is 0 Å². The van der Waals surface area contributed by atoms with Gasteiger partial charge in [-0.15, -0.1) is 11.3 Å². The number of aryl methyl sites for hydroxylation is 2. The van der Waals surface area contributed by atoms with E-state index in [4.69, 9.17) is 12.2 Å². The third kappa shape index (κ3) is 1.78. The molecule has 0 aliphatic heterocycles. The van der Waals surface area contributed by atoms with E-state index >= 15 is 0 Å². The van der Waals surface area contributed by atoms with E-state index in [2.05, 4.69) is 28.6 Å². The molecule has 3 nitrogen and oxygen atoms in total. The van der Waals surface area contributed by atoms with Crippen LogP contribution in [0.5, 0.6) is 0 Å². The standard InChI is InChI=1S/C9H11N3S2/c1-6-3-8(14-5-6)4-12-7(2)10-11-9(12)13/h3,5H,4H2,1-2H3,(H,11,13). The van der Waals surface area contributed by atoms with Gasteiger partial charge in [-0.25, -0.2) is 0 Å². The molecule has 0 aliphatic carbocycles. The van der Waals surface area contributed by atoms with Gasteiger partial charge in [0.15, 0.2) is 4.77 Å². The average molecular weight is 225 g/mol. The summed E-state index contributed by atoms with van der Waals surface area (Å²) < 4.78 is 2.69. The van der Waals surface area contributed by atoms with Crippen molar-refractivity contribution in [3.05, 3.63) is 32.5 Å². The number of aromatic amines is 1. The summed E-state index contributed by atoms with van der Waals surface area (Å²) in [4.78, 5) is 1.31. The first-order valence-electron chi connectivity index (χ1n) is 4.32. The summed E-state index contributed by atoms with van der Waals surface area (Å²) in [6.07, 6.45) is 0. The Morgan fingerprint density at radius 1 is 1.57 bits per heavy atom. The predicted molar refractivity (Wildman–Crippen MR) is 60.3 cm³/mol. The van der Waals surface area contributed by atoms with Crippen LogP contribution in [-0.2, 0) is 6.54 Å². The molecule has 2 aromatic heterocycles. The fourth-order valence-corrected chi connectivity index (χ4v) is 2.42. The lowest BCUT2D eigenvalue weighted by molar-refractivity contribution is 0.761. The zero-order valence-electron chi connectivity index (χ0n) is 8.07. The highest BCUT2D eigenvalue weighted by molar-refractivity contribution is 7.71. The highest BCUT2D eigenvalue weighted by Crippen LogP contribution is 2.15. The van der Waals surface area contributed by atoms with Crippen LogP contribution in [0, 0.1) is 18.6 Å². The molecule has 0 atom stereocenters. The van der Waals surface area contributed by atoms with Crippen molar-refractivity contribution in [2.45, 2.75) is 20.4 Å². The van der Waals surface area contributed by atoms with Gasteiger partial charge in [-0.3, -0.25) is 9.67 Å². The Morgan fingerprint density at radius 3 is 2.86 bits per heavy atom. The van der Waals surface area contributed by atoms with Crippen LogP contribution >= 0.6 is 23.6 Å². The van der Waals surface area contributed by atoms with Gasteiger partial charge in [0.1, 0.15) is 5.82 Å². The summed E-state index contributed by atoms with van der Waals surface area (Å²) in [5.41, 5.74) is 1.30. The van der Waals surface area contributed by atoms with Crippen LogP contribution in [0.3, 0.4) is 0 Å². The Hall–Kier alpha value is -0.940. The van der Waals surface area contributed by atoms with Crippen molar-refractivity contribution in [1.82, 2.24) is 14.8 Å². The second-order valence-corrected chi connectivity index (χ2v) is 4.63. The van der Waals surface area contributed by atoms with Crippen molar-refractivity contribution in [2.75, 3.05) is 0 Å². The monoisotopic (exact) mass is 225 g/mol. The van der Waals surface area contributed by atoms with Crippen molar-refractivity contribution in [3.8, 4) is 0 Å². The number of hydrogen-bond donors (Lipinski definition) is 1. The van der Waals surface area contributed by atoms with Gasteiger partial charge in [0.25, 0.3) is 0 Å². The van der Waals surface area contributed by atoms with Crippen LogP contribution in [-0.4, -0.2) is 14.8 Å². The van der Waals surface area contributed by atoms with Gasteiger partial charge < -0.3 is 0 Å². The molecule has 1 N–H and O–H groups in total. The first-order chi connectivity index (χ1) is 6.66. The Bertz CT molecular complexity index is 492. The molecule has 0 saturated carbocycles. The number of rotatable bonds is 2. The summed E-state index contributed by atoms with van der Waals surface area (Å²) in [7, 11) is 0. The molecule has 0 radical (unpaired) electrons. The second-order valence-electron chi connectivity index (χ2n) is 3.25. The molecule has 0 amide bonds. The second kappa shape index (κ2) is 3.67. The predicted octanol–water partition coefficient (Wildman–Crippen LogP) is 2.67. The van der Waals surface area contributed by atoms with Gasteiger partial charge in [-0.05, 0) is 43.1 Å². The van der Waals surface area contributed by atoms with E-state index < -0.39 is 0 Å². The quantitative estimate of drug-likeness (QED) is 0.797. The largest absolute Gasteiger partial charge is 0.299 e. The molecule has 5 heteroatoms. The van der Waals surface area contributed by atoms with Crippen LogP contribution in [0.2, 0.25) is 0 Å². The minimum absolute atomic E-state index is 0.688. The fraction of sp³-hybridized carbons (Fsp3) is 0.333. The van der Waals surface area contributed by atoms with E-state index in [0.717, 1.165) is 12.4 Å². The van der Waals surface area contributed by atoms with Gasteiger partial charge in [-0.2, -0.15) is 5.10 Å². The van der Waals surface area contributed by atoms with E-state index in [1.165, 1.54) is 10.4 Å². The summed E-state index contributed by atoms with van der Waals surface area (Å²) in [5.74, 6) is 0.932. The third-order valence-electron chi connectivity index (χ3n) is 2.05. The van der Waals surface area contributed by atoms with Crippen molar-refractivity contribution in [3.63, 3.8) is 0 Å². The number of aromatic nitrogens is 3. The molecular formula is C9H11N3S2. The highest BCUT2D eigenvalue weighted by Gasteiger charge is 2.03. The van der Waals surface area contributed by atoms with E-state index in [1.54, 1.807) is 11.3 Å². The molecule has 0 bridgehead atoms. The normalized spacial score (nSPS) is 10.7. The molecule has 0 fully saturated rings. The molecule has 0 aliphatic rings. The van der Waals surface area contributed by atoms with E-state index in [9.17, 15) is 0 Å². The summed E-state index contributed by atoms with van der Waals surface area (Å²) in [5, 5.41) is 9.00. The zero-order valence-corrected chi connectivity index (χ0v) is 9.71. The first-order valence-corrected chi connectivity index (χ1v) is 5.61. The van der Waals surface area contributed by atoms with Crippen molar-refractivity contribution in [2.24, 2.45) is 0 Å².